The number of anilines is 1. The summed E-state index contributed by atoms with van der Waals surface area (Å²) in [5, 5.41) is 7.04. The smallest absolute Gasteiger partial charge is 0.267 e. The average molecular weight is 414 g/mol. The molecule has 0 aliphatic rings. The van der Waals surface area contributed by atoms with Crippen LogP contribution in [0.15, 0.2) is 69.9 Å². The van der Waals surface area contributed by atoms with Crippen molar-refractivity contribution >= 4 is 27.5 Å². The first-order valence-electron chi connectivity index (χ1n) is 7.83. The number of hydrogen-bond acceptors (Lipinski definition) is 4. The second kappa shape index (κ2) is 7.97. The minimum atomic E-state index is -0.346. The molecule has 1 amide bonds. The van der Waals surface area contributed by atoms with Crippen LogP contribution in [0.1, 0.15) is 0 Å². The number of ether oxygens (including phenoxy) is 1. The van der Waals surface area contributed by atoms with Gasteiger partial charge in [-0.2, -0.15) is 5.10 Å². The molecule has 1 aromatic heterocycles. The van der Waals surface area contributed by atoms with Gasteiger partial charge in [0, 0.05) is 21.8 Å². The molecule has 0 aliphatic carbocycles. The van der Waals surface area contributed by atoms with E-state index in [0.29, 0.717) is 17.1 Å². The predicted molar refractivity (Wildman–Crippen MR) is 103 cm³/mol. The van der Waals surface area contributed by atoms with Crippen LogP contribution in [0.2, 0.25) is 0 Å². The number of methoxy groups -OCH3 is 1. The van der Waals surface area contributed by atoms with Gasteiger partial charge < -0.3 is 10.1 Å². The highest BCUT2D eigenvalue weighted by molar-refractivity contribution is 9.10. The highest BCUT2D eigenvalue weighted by atomic mass is 79.9. The lowest BCUT2D eigenvalue weighted by Crippen LogP contribution is -2.29. The maximum Gasteiger partial charge on any atom is 0.267 e. The number of halogens is 1. The SMILES string of the molecule is COc1cccc(-c2ccc(=O)n(CC(=O)Nc3cccc(Br)c3)n2)c1. The lowest BCUT2D eigenvalue weighted by molar-refractivity contribution is -0.117. The fourth-order valence-electron chi connectivity index (χ4n) is 2.40. The van der Waals surface area contributed by atoms with Crippen molar-refractivity contribution in [1.82, 2.24) is 9.78 Å². The fourth-order valence-corrected chi connectivity index (χ4v) is 2.80. The zero-order chi connectivity index (χ0) is 18.5. The van der Waals surface area contributed by atoms with Crippen LogP contribution in [0.3, 0.4) is 0 Å². The number of hydrogen-bond donors (Lipinski definition) is 1. The number of benzene rings is 2. The first-order chi connectivity index (χ1) is 12.5. The summed E-state index contributed by atoms with van der Waals surface area (Å²) >= 11 is 3.35. The Morgan fingerprint density at radius 3 is 2.73 bits per heavy atom. The van der Waals surface area contributed by atoms with Crippen molar-refractivity contribution in [2.75, 3.05) is 12.4 Å². The van der Waals surface area contributed by atoms with Crippen LogP contribution in [-0.2, 0) is 11.3 Å². The zero-order valence-corrected chi connectivity index (χ0v) is 15.6. The number of nitrogens with one attached hydrogen (secondary N) is 1. The van der Waals surface area contributed by atoms with Crippen LogP contribution in [-0.4, -0.2) is 22.8 Å². The Kier molecular flexibility index (Phi) is 5.48. The van der Waals surface area contributed by atoms with Gasteiger partial charge in [0.1, 0.15) is 12.3 Å². The molecular formula is C19H16BrN3O3. The summed E-state index contributed by atoms with van der Waals surface area (Å²) in [5.74, 6) is 0.356. The number of aromatic nitrogens is 2. The lowest BCUT2D eigenvalue weighted by Gasteiger charge is -2.09. The largest absolute Gasteiger partial charge is 0.497 e. The van der Waals surface area contributed by atoms with E-state index in [1.165, 1.54) is 6.07 Å². The summed E-state index contributed by atoms with van der Waals surface area (Å²) in [6.45, 7) is -0.177. The van der Waals surface area contributed by atoms with Crippen LogP contribution in [0.4, 0.5) is 5.69 Å². The number of carbonyl (C=O) groups excluding carboxylic acids is 1. The standard InChI is InChI=1S/C19H16BrN3O3/c1-26-16-7-2-4-13(10-16)17-8-9-19(25)23(22-17)12-18(24)21-15-6-3-5-14(20)11-15/h2-11H,12H2,1H3,(H,21,24). The van der Waals surface area contributed by atoms with Gasteiger partial charge in [-0.1, -0.05) is 34.1 Å². The summed E-state index contributed by atoms with van der Waals surface area (Å²) in [4.78, 5) is 24.3. The van der Waals surface area contributed by atoms with Crippen LogP contribution in [0, 0.1) is 0 Å². The summed E-state index contributed by atoms with van der Waals surface area (Å²) < 4.78 is 7.20. The molecule has 0 spiro atoms. The molecule has 0 aliphatic heterocycles. The van der Waals surface area contributed by atoms with E-state index in [1.54, 1.807) is 25.3 Å². The topological polar surface area (TPSA) is 73.2 Å². The Bertz CT molecular complexity index is 1000. The predicted octanol–water partition coefficient (Wildman–Crippen LogP) is 3.32. The highest BCUT2D eigenvalue weighted by Gasteiger charge is 2.09. The zero-order valence-electron chi connectivity index (χ0n) is 14.0. The molecule has 0 bridgehead atoms. The van der Waals surface area contributed by atoms with E-state index in [0.717, 1.165) is 14.7 Å². The Labute approximate surface area is 158 Å². The third kappa shape index (κ3) is 4.37. The van der Waals surface area contributed by atoms with E-state index in [-0.39, 0.29) is 18.0 Å². The average Bonchev–Trinajstić information content (AvgIpc) is 2.63. The van der Waals surface area contributed by atoms with Gasteiger partial charge >= 0.3 is 0 Å². The van der Waals surface area contributed by atoms with Crippen LogP contribution >= 0.6 is 15.9 Å². The van der Waals surface area contributed by atoms with Gasteiger partial charge in [0.15, 0.2) is 0 Å². The molecule has 132 valence electrons. The Hall–Kier alpha value is -2.93. The van der Waals surface area contributed by atoms with E-state index in [2.05, 4.69) is 26.3 Å². The van der Waals surface area contributed by atoms with Crippen molar-refractivity contribution in [3.05, 3.63) is 75.5 Å². The van der Waals surface area contributed by atoms with E-state index < -0.39 is 0 Å². The van der Waals surface area contributed by atoms with E-state index in [9.17, 15) is 9.59 Å². The summed E-state index contributed by atoms with van der Waals surface area (Å²) in [6, 6.07) is 17.6. The van der Waals surface area contributed by atoms with Gasteiger partial charge in [-0.05, 0) is 36.4 Å². The van der Waals surface area contributed by atoms with Crippen molar-refractivity contribution < 1.29 is 9.53 Å². The van der Waals surface area contributed by atoms with Crippen molar-refractivity contribution in [3.8, 4) is 17.0 Å². The normalized spacial score (nSPS) is 10.4. The van der Waals surface area contributed by atoms with Crippen LogP contribution in [0.5, 0.6) is 5.75 Å². The minimum Gasteiger partial charge on any atom is -0.497 e. The Morgan fingerprint density at radius 2 is 1.96 bits per heavy atom. The number of rotatable bonds is 5. The molecule has 3 rings (SSSR count). The second-order valence-electron chi connectivity index (χ2n) is 5.50. The quantitative estimate of drug-likeness (QED) is 0.695. The molecular weight excluding hydrogens is 398 g/mol. The summed E-state index contributed by atoms with van der Waals surface area (Å²) in [5.41, 5.74) is 1.67. The molecule has 7 heteroatoms. The van der Waals surface area contributed by atoms with Gasteiger partial charge in [0.05, 0.1) is 12.8 Å². The highest BCUT2D eigenvalue weighted by Crippen LogP contribution is 2.21. The van der Waals surface area contributed by atoms with Gasteiger partial charge in [-0.15, -0.1) is 0 Å². The minimum absolute atomic E-state index is 0.177. The van der Waals surface area contributed by atoms with Gasteiger partial charge in [-0.3, -0.25) is 9.59 Å². The number of nitrogens with zero attached hydrogens (tertiary/aromatic N) is 2. The lowest BCUT2D eigenvalue weighted by atomic mass is 10.1. The van der Waals surface area contributed by atoms with E-state index >= 15 is 0 Å². The molecule has 6 nitrogen and oxygen atoms in total. The fraction of sp³-hybridized carbons (Fsp3) is 0.105. The Morgan fingerprint density at radius 1 is 1.15 bits per heavy atom. The molecule has 3 aromatic rings. The van der Waals surface area contributed by atoms with E-state index in [1.807, 2.05) is 36.4 Å². The maximum atomic E-state index is 12.2. The molecule has 0 atom stereocenters. The molecule has 1 heterocycles. The molecule has 1 N–H and O–H groups in total. The third-order valence-electron chi connectivity index (χ3n) is 3.63. The summed E-state index contributed by atoms with van der Waals surface area (Å²) in [6.07, 6.45) is 0. The molecule has 2 aromatic carbocycles. The third-order valence-corrected chi connectivity index (χ3v) is 4.13. The van der Waals surface area contributed by atoms with Crippen molar-refractivity contribution in [3.63, 3.8) is 0 Å². The second-order valence-corrected chi connectivity index (χ2v) is 6.42. The van der Waals surface area contributed by atoms with Crippen LogP contribution in [0.25, 0.3) is 11.3 Å². The molecule has 0 unspecified atom stereocenters. The van der Waals surface area contributed by atoms with Gasteiger partial charge in [0.2, 0.25) is 5.91 Å². The first-order valence-corrected chi connectivity index (χ1v) is 8.62. The molecule has 0 fully saturated rings. The monoisotopic (exact) mass is 413 g/mol. The molecule has 26 heavy (non-hydrogen) atoms. The number of carbonyl (C=O) groups is 1. The molecule has 0 radical (unpaired) electrons. The van der Waals surface area contributed by atoms with Gasteiger partial charge in [0.25, 0.3) is 5.56 Å². The number of amides is 1. The van der Waals surface area contributed by atoms with Crippen molar-refractivity contribution in [1.29, 1.82) is 0 Å². The molecule has 0 saturated heterocycles. The Balaban J connectivity index is 1.81. The van der Waals surface area contributed by atoms with Gasteiger partial charge in [-0.25, -0.2) is 4.68 Å². The van der Waals surface area contributed by atoms with E-state index in [4.69, 9.17) is 4.74 Å². The maximum absolute atomic E-state index is 12.2. The van der Waals surface area contributed by atoms with Crippen molar-refractivity contribution in [2.24, 2.45) is 0 Å². The van der Waals surface area contributed by atoms with Crippen LogP contribution < -0.4 is 15.6 Å². The first kappa shape index (κ1) is 17.9. The molecule has 0 saturated carbocycles. The van der Waals surface area contributed by atoms with Crippen molar-refractivity contribution in [2.45, 2.75) is 6.54 Å². The summed E-state index contributed by atoms with van der Waals surface area (Å²) in [7, 11) is 1.58.